The average molecular weight is 240 g/mol. The maximum Gasteiger partial charge on any atom is 0.0998 e. The van der Waals surface area contributed by atoms with Gasteiger partial charge in [0.2, 0.25) is 0 Å². The van der Waals surface area contributed by atoms with Gasteiger partial charge in [-0.25, -0.2) is 0 Å². The van der Waals surface area contributed by atoms with E-state index >= 15 is 0 Å². The van der Waals surface area contributed by atoms with Crippen LogP contribution in [-0.4, -0.2) is 9.78 Å². The number of benzene rings is 1. The van der Waals surface area contributed by atoms with Crippen molar-refractivity contribution in [3.8, 4) is 17.2 Å². The van der Waals surface area contributed by atoms with Crippen LogP contribution in [0.1, 0.15) is 19.4 Å². The molecule has 0 saturated heterocycles. The van der Waals surface area contributed by atoms with E-state index in [9.17, 15) is 0 Å². The number of hydrogen-bond acceptors (Lipinski definition) is 3. The van der Waals surface area contributed by atoms with Gasteiger partial charge in [0.15, 0.2) is 0 Å². The van der Waals surface area contributed by atoms with Crippen LogP contribution in [0.5, 0.6) is 0 Å². The molecule has 0 unspecified atom stereocenters. The fourth-order valence-corrected chi connectivity index (χ4v) is 1.88. The lowest BCUT2D eigenvalue weighted by atomic mass is 10.0. The van der Waals surface area contributed by atoms with Gasteiger partial charge in [0.25, 0.3) is 0 Å². The molecule has 0 spiro atoms. The van der Waals surface area contributed by atoms with Crippen LogP contribution in [0.2, 0.25) is 0 Å². The van der Waals surface area contributed by atoms with Crippen molar-refractivity contribution in [2.45, 2.75) is 20.4 Å². The number of nitrogen functional groups attached to an aromatic ring is 1. The minimum absolute atomic E-state index is 0.541. The van der Waals surface area contributed by atoms with Gasteiger partial charge in [0.1, 0.15) is 0 Å². The standard InChI is InChI=1S/C14H16N4/c1-10(2)8-18-9-12(7-17-18)14-4-3-13(16)5-11(14)6-15/h3-5,7,9-10H,8,16H2,1-2H3. The zero-order valence-corrected chi connectivity index (χ0v) is 10.6. The maximum absolute atomic E-state index is 9.12. The van der Waals surface area contributed by atoms with Crippen LogP contribution in [0.4, 0.5) is 5.69 Å². The van der Waals surface area contributed by atoms with Crippen LogP contribution in [0.25, 0.3) is 11.1 Å². The van der Waals surface area contributed by atoms with Crippen molar-refractivity contribution in [3.63, 3.8) is 0 Å². The molecule has 1 aromatic carbocycles. The molecule has 0 aliphatic heterocycles. The smallest absolute Gasteiger partial charge is 0.0998 e. The molecule has 0 radical (unpaired) electrons. The van der Waals surface area contributed by atoms with Gasteiger partial charge in [-0.05, 0) is 18.1 Å². The lowest BCUT2D eigenvalue weighted by molar-refractivity contribution is 0.483. The van der Waals surface area contributed by atoms with Gasteiger partial charge in [-0.2, -0.15) is 10.4 Å². The Bertz CT molecular complexity index is 590. The molecular weight excluding hydrogens is 224 g/mol. The summed E-state index contributed by atoms with van der Waals surface area (Å²) in [6.45, 7) is 5.16. The highest BCUT2D eigenvalue weighted by molar-refractivity contribution is 5.71. The van der Waals surface area contributed by atoms with Crippen molar-refractivity contribution >= 4 is 5.69 Å². The molecule has 1 heterocycles. The summed E-state index contributed by atoms with van der Waals surface area (Å²) in [4.78, 5) is 0. The molecule has 2 N–H and O–H groups in total. The average Bonchev–Trinajstić information content (AvgIpc) is 2.76. The van der Waals surface area contributed by atoms with Gasteiger partial charge in [0, 0.05) is 29.6 Å². The largest absolute Gasteiger partial charge is 0.399 e. The minimum atomic E-state index is 0.541. The van der Waals surface area contributed by atoms with E-state index in [0.717, 1.165) is 17.7 Å². The van der Waals surface area contributed by atoms with Crippen molar-refractivity contribution in [1.82, 2.24) is 9.78 Å². The van der Waals surface area contributed by atoms with Gasteiger partial charge < -0.3 is 5.73 Å². The first-order chi connectivity index (χ1) is 8.60. The number of nitrogens with two attached hydrogens (primary N) is 1. The third kappa shape index (κ3) is 2.51. The van der Waals surface area contributed by atoms with Crippen LogP contribution in [-0.2, 0) is 6.54 Å². The molecule has 0 bridgehead atoms. The minimum Gasteiger partial charge on any atom is -0.399 e. The first kappa shape index (κ1) is 12.2. The number of nitriles is 1. The van der Waals surface area contributed by atoms with E-state index in [2.05, 4.69) is 25.0 Å². The van der Waals surface area contributed by atoms with Crippen LogP contribution in [0, 0.1) is 17.2 Å². The molecule has 2 aromatic rings. The van der Waals surface area contributed by atoms with Crippen molar-refractivity contribution in [2.24, 2.45) is 5.92 Å². The SMILES string of the molecule is CC(C)Cn1cc(-c2ccc(N)cc2C#N)cn1. The molecule has 0 aliphatic carbocycles. The Hall–Kier alpha value is -2.28. The van der Waals surface area contributed by atoms with Gasteiger partial charge in [-0.15, -0.1) is 0 Å². The Kier molecular flexibility index (Phi) is 3.33. The summed E-state index contributed by atoms with van der Waals surface area (Å²) >= 11 is 0. The lowest BCUT2D eigenvalue weighted by Crippen LogP contribution is -2.04. The summed E-state index contributed by atoms with van der Waals surface area (Å²) in [5.74, 6) is 0.541. The van der Waals surface area contributed by atoms with E-state index in [1.165, 1.54) is 0 Å². The molecule has 18 heavy (non-hydrogen) atoms. The second-order valence-corrected chi connectivity index (χ2v) is 4.76. The number of anilines is 1. The molecule has 0 fully saturated rings. The summed E-state index contributed by atoms with van der Waals surface area (Å²) in [5, 5.41) is 13.4. The van der Waals surface area contributed by atoms with E-state index in [1.54, 1.807) is 18.3 Å². The fraction of sp³-hybridized carbons (Fsp3) is 0.286. The summed E-state index contributed by atoms with van der Waals surface area (Å²) in [6, 6.07) is 7.52. The van der Waals surface area contributed by atoms with Crippen LogP contribution in [0.3, 0.4) is 0 Å². The van der Waals surface area contributed by atoms with E-state index in [1.807, 2.05) is 16.9 Å². The summed E-state index contributed by atoms with van der Waals surface area (Å²) in [5.41, 5.74) is 8.69. The zero-order chi connectivity index (χ0) is 13.1. The van der Waals surface area contributed by atoms with Crippen LogP contribution in [0.15, 0.2) is 30.6 Å². The zero-order valence-electron chi connectivity index (χ0n) is 10.6. The fourth-order valence-electron chi connectivity index (χ4n) is 1.88. The highest BCUT2D eigenvalue weighted by atomic mass is 15.3. The Morgan fingerprint density at radius 3 is 2.89 bits per heavy atom. The molecule has 4 heteroatoms. The Morgan fingerprint density at radius 1 is 1.44 bits per heavy atom. The second-order valence-electron chi connectivity index (χ2n) is 4.76. The Labute approximate surface area is 107 Å². The molecule has 0 amide bonds. The first-order valence-corrected chi connectivity index (χ1v) is 5.92. The predicted octanol–water partition coefficient (Wildman–Crippen LogP) is 2.66. The number of rotatable bonds is 3. The predicted molar refractivity (Wildman–Crippen MR) is 71.6 cm³/mol. The highest BCUT2D eigenvalue weighted by Gasteiger charge is 2.08. The highest BCUT2D eigenvalue weighted by Crippen LogP contribution is 2.24. The van der Waals surface area contributed by atoms with Gasteiger partial charge in [-0.3, -0.25) is 4.68 Å². The third-order valence-electron chi connectivity index (χ3n) is 2.66. The Morgan fingerprint density at radius 2 is 2.22 bits per heavy atom. The Balaban J connectivity index is 2.37. The summed E-state index contributed by atoms with van der Waals surface area (Å²) in [6.07, 6.45) is 3.75. The summed E-state index contributed by atoms with van der Waals surface area (Å²) in [7, 11) is 0. The second kappa shape index (κ2) is 4.92. The molecule has 0 aliphatic rings. The quantitative estimate of drug-likeness (QED) is 0.838. The van der Waals surface area contributed by atoms with Crippen molar-refractivity contribution in [3.05, 3.63) is 36.2 Å². The molecule has 0 atom stereocenters. The van der Waals surface area contributed by atoms with E-state index in [0.29, 0.717) is 17.2 Å². The molecule has 1 aromatic heterocycles. The molecule has 92 valence electrons. The van der Waals surface area contributed by atoms with Crippen LogP contribution < -0.4 is 5.73 Å². The van der Waals surface area contributed by atoms with E-state index in [4.69, 9.17) is 11.0 Å². The third-order valence-corrected chi connectivity index (χ3v) is 2.66. The maximum atomic E-state index is 9.12. The molecule has 4 nitrogen and oxygen atoms in total. The van der Waals surface area contributed by atoms with Gasteiger partial charge in [-0.1, -0.05) is 19.9 Å². The normalized spacial score (nSPS) is 10.6. The molecule has 2 rings (SSSR count). The number of nitrogens with zero attached hydrogens (tertiary/aromatic N) is 3. The number of hydrogen-bond donors (Lipinski definition) is 1. The van der Waals surface area contributed by atoms with Crippen molar-refractivity contribution in [2.75, 3.05) is 5.73 Å². The van der Waals surface area contributed by atoms with Crippen molar-refractivity contribution < 1.29 is 0 Å². The molecular formula is C14H16N4. The van der Waals surface area contributed by atoms with Gasteiger partial charge in [0.05, 0.1) is 17.8 Å². The van der Waals surface area contributed by atoms with E-state index < -0.39 is 0 Å². The van der Waals surface area contributed by atoms with E-state index in [-0.39, 0.29) is 0 Å². The van der Waals surface area contributed by atoms with Gasteiger partial charge >= 0.3 is 0 Å². The van der Waals surface area contributed by atoms with Crippen LogP contribution >= 0.6 is 0 Å². The topological polar surface area (TPSA) is 67.6 Å². The van der Waals surface area contributed by atoms with Crippen molar-refractivity contribution in [1.29, 1.82) is 5.26 Å². The monoisotopic (exact) mass is 240 g/mol. The number of aromatic nitrogens is 2. The molecule has 0 saturated carbocycles. The lowest BCUT2D eigenvalue weighted by Gasteiger charge is -2.04. The first-order valence-electron chi connectivity index (χ1n) is 5.92. The summed E-state index contributed by atoms with van der Waals surface area (Å²) < 4.78 is 1.90.